The number of H-pyrrole nitrogens is 1. The molecule has 0 saturated carbocycles. The number of nitrogens with two attached hydrogens (primary N) is 1. The van der Waals surface area contributed by atoms with Crippen LogP contribution in [0.3, 0.4) is 0 Å². The van der Waals surface area contributed by atoms with Gasteiger partial charge in [-0.25, -0.2) is 19.9 Å². The van der Waals surface area contributed by atoms with Crippen molar-refractivity contribution in [2.75, 3.05) is 25.4 Å². The van der Waals surface area contributed by atoms with Crippen molar-refractivity contribution in [2.45, 2.75) is 51.0 Å². The monoisotopic (exact) mass is 475 g/mol. The zero-order valence-corrected chi connectivity index (χ0v) is 19.6. The van der Waals surface area contributed by atoms with Crippen LogP contribution in [-0.2, 0) is 29.0 Å². The Morgan fingerprint density at radius 3 is 2.80 bits per heavy atom. The Bertz CT molecular complexity index is 1250. The van der Waals surface area contributed by atoms with Gasteiger partial charge >= 0.3 is 0 Å². The van der Waals surface area contributed by atoms with E-state index in [1.54, 1.807) is 18.5 Å². The molecule has 182 valence electrons. The molecule has 35 heavy (non-hydrogen) atoms. The van der Waals surface area contributed by atoms with E-state index in [0.29, 0.717) is 80.9 Å². The number of nitrogens with zero attached hydrogens (tertiary/aromatic N) is 5. The molecule has 10 nitrogen and oxygen atoms in total. The highest BCUT2D eigenvalue weighted by atomic mass is 16.5. The second kappa shape index (κ2) is 10.3. The third kappa shape index (κ3) is 5.22. The summed E-state index contributed by atoms with van der Waals surface area (Å²) >= 11 is 0. The number of ether oxygens (including phenoxy) is 1. The maximum absolute atomic E-state index is 12.8. The second-order valence-electron chi connectivity index (χ2n) is 9.02. The van der Waals surface area contributed by atoms with Crippen molar-refractivity contribution in [3.8, 4) is 11.4 Å². The average molecular weight is 476 g/mol. The number of carbonyl (C=O) groups is 1. The van der Waals surface area contributed by atoms with Crippen LogP contribution < -0.4 is 11.3 Å². The molecule has 0 radical (unpaired) electrons. The quantitative estimate of drug-likeness (QED) is 0.552. The van der Waals surface area contributed by atoms with Gasteiger partial charge in [0.15, 0.2) is 5.82 Å². The molecule has 2 aliphatic rings. The highest BCUT2D eigenvalue weighted by molar-refractivity contribution is 5.76. The Morgan fingerprint density at radius 1 is 1.20 bits per heavy atom. The van der Waals surface area contributed by atoms with E-state index in [1.165, 1.54) is 0 Å². The number of amides is 1. The number of piperidine rings is 1. The van der Waals surface area contributed by atoms with E-state index in [9.17, 15) is 9.59 Å². The molecular formula is C25H29N7O3. The van der Waals surface area contributed by atoms with Crippen molar-refractivity contribution in [2.24, 2.45) is 0 Å². The first-order chi connectivity index (χ1) is 17.1. The molecule has 0 atom stereocenters. The SMILES string of the molecule is Nc1ncc(C2CCN(C(=O)CCCc3nc4c(c(=O)[nH]3)COCC4)CC2)cc1-c1ncccn1. The summed E-state index contributed by atoms with van der Waals surface area (Å²) in [5, 5.41) is 0. The van der Waals surface area contributed by atoms with Crippen LogP contribution in [0.15, 0.2) is 35.5 Å². The van der Waals surface area contributed by atoms with Gasteiger partial charge in [0.25, 0.3) is 5.56 Å². The molecule has 5 heterocycles. The Hall–Kier alpha value is -3.66. The summed E-state index contributed by atoms with van der Waals surface area (Å²) in [4.78, 5) is 47.3. The molecule has 0 spiro atoms. The minimum atomic E-state index is -0.128. The third-order valence-electron chi connectivity index (χ3n) is 6.75. The molecule has 1 amide bonds. The van der Waals surface area contributed by atoms with Crippen molar-refractivity contribution in [3.63, 3.8) is 0 Å². The highest BCUT2D eigenvalue weighted by Gasteiger charge is 2.25. The fraction of sp³-hybridized carbons (Fsp3) is 0.440. The summed E-state index contributed by atoms with van der Waals surface area (Å²) in [5.74, 6) is 2.08. The number of pyridine rings is 1. The number of aryl methyl sites for hydroxylation is 1. The normalized spacial score (nSPS) is 16.2. The molecule has 0 unspecified atom stereocenters. The van der Waals surface area contributed by atoms with Crippen molar-refractivity contribution in [1.82, 2.24) is 29.8 Å². The summed E-state index contributed by atoms with van der Waals surface area (Å²) in [7, 11) is 0. The standard InChI is InChI=1S/C25H29N7O3/c26-23-18(24-27-8-2-9-28-24)13-17(14-29-23)16-5-10-32(11-6-16)22(33)4-1-3-21-30-20-7-12-35-15-19(20)25(34)31-21/h2,8-9,13-14,16H,1,3-7,10-12,15H2,(H2,26,29)(H,30,31,34). The first-order valence-corrected chi connectivity index (χ1v) is 12.1. The molecule has 0 bridgehead atoms. The Balaban J connectivity index is 1.14. The second-order valence-corrected chi connectivity index (χ2v) is 9.02. The van der Waals surface area contributed by atoms with E-state index >= 15 is 0 Å². The van der Waals surface area contributed by atoms with Gasteiger partial charge in [0, 0.05) is 50.9 Å². The lowest BCUT2D eigenvalue weighted by Gasteiger charge is -2.32. The molecule has 0 aliphatic carbocycles. The van der Waals surface area contributed by atoms with Gasteiger partial charge in [-0.3, -0.25) is 9.59 Å². The zero-order chi connectivity index (χ0) is 24.2. The minimum absolute atomic E-state index is 0.128. The van der Waals surface area contributed by atoms with E-state index in [-0.39, 0.29) is 11.5 Å². The fourth-order valence-corrected chi connectivity index (χ4v) is 4.77. The van der Waals surface area contributed by atoms with Gasteiger partial charge < -0.3 is 20.4 Å². The molecule has 2 aliphatic heterocycles. The molecule has 5 rings (SSSR count). The lowest BCUT2D eigenvalue weighted by molar-refractivity contribution is -0.132. The van der Waals surface area contributed by atoms with Crippen LogP contribution in [0.25, 0.3) is 11.4 Å². The van der Waals surface area contributed by atoms with Crippen molar-refractivity contribution >= 4 is 11.7 Å². The zero-order valence-electron chi connectivity index (χ0n) is 19.6. The minimum Gasteiger partial charge on any atom is -0.383 e. The van der Waals surface area contributed by atoms with Gasteiger partial charge in [-0.1, -0.05) is 0 Å². The lowest BCUT2D eigenvalue weighted by Crippen LogP contribution is -2.37. The van der Waals surface area contributed by atoms with Crippen LogP contribution in [0.2, 0.25) is 0 Å². The van der Waals surface area contributed by atoms with Crippen LogP contribution in [0.5, 0.6) is 0 Å². The van der Waals surface area contributed by atoms with Gasteiger partial charge in [0.1, 0.15) is 11.6 Å². The van der Waals surface area contributed by atoms with Crippen molar-refractivity contribution in [3.05, 3.63) is 63.7 Å². The van der Waals surface area contributed by atoms with Gasteiger partial charge in [-0.2, -0.15) is 0 Å². The number of hydrogen-bond donors (Lipinski definition) is 2. The van der Waals surface area contributed by atoms with Crippen molar-refractivity contribution < 1.29 is 9.53 Å². The fourth-order valence-electron chi connectivity index (χ4n) is 4.77. The molecule has 3 aromatic rings. The predicted molar refractivity (Wildman–Crippen MR) is 129 cm³/mol. The predicted octanol–water partition coefficient (Wildman–Crippen LogP) is 2.01. The number of fused-ring (bicyclic) bond motifs is 1. The summed E-state index contributed by atoms with van der Waals surface area (Å²) in [6.45, 7) is 2.32. The Morgan fingerprint density at radius 2 is 2.00 bits per heavy atom. The molecule has 10 heteroatoms. The molecular weight excluding hydrogens is 446 g/mol. The number of nitrogens with one attached hydrogen (secondary N) is 1. The van der Waals surface area contributed by atoms with Crippen molar-refractivity contribution in [1.29, 1.82) is 0 Å². The van der Waals surface area contributed by atoms with E-state index < -0.39 is 0 Å². The van der Waals surface area contributed by atoms with E-state index in [4.69, 9.17) is 10.5 Å². The van der Waals surface area contributed by atoms with Crippen LogP contribution in [-0.4, -0.2) is 55.4 Å². The van der Waals surface area contributed by atoms with Gasteiger partial charge in [0.05, 0.1) is 30.0 Å². The maximum atomic E-state index is 12.8. The van der Waals surface area contributed by atoms with E-state index in [1.807, 2.05) is 17.2 Å². The number of rotatable bonds is 6. The number of nitrogen functional groups attached to an aromatic ring is 1. The number of hydrogen-bond acceptors (Lipinski definition) is 8. The number of aromatic nitrogens is 5. The molecule has 1 fully saturated rings. The summed E-state index contributed by atoms with van der Waals surface area (Å²) in [6, 6.07) is 3.79. The summed E-state index contributed by atoms with van der Waals surface area (Å²) in [6.07, 6.45) is 9.26. The maximum Gasteiger partial charge on any atom is 0.256 e. The number of likely N-dealkylation sites (tertiary alicyclic amines) is 1. The summed E-state index contributed by atoms with van der Waals surface area (Å²) < 4.78 is 5.34. The van der Waals surface area contributed by atoms with Crippen LogP contribution in [0.1, 0.15) is 54.2 Å². The van der Waals surface area contributed by atoms with Crippen LogP contribution in [0.4, 0.5) is 5.82 Å². The first-order valence-electron chi connectivity index (χ1n) is 12.1. The first kappa shape index (κ1) is 23.1. The topological polar surface area (TPSA) is 140 Å². The van der Waals surface area contributed by atoms with Gasteiger partial charge in [-0.05, 0) is 42.9 Å². The molecule has 3 aromatic heterocycles. The molecule has 0 aromatic carbocycles. The molecule has 3 N–H and O–H groups in total. The van der Waals surface area contributed by atoms with Crippen LogP contribution in [0, 0.1) is 0 Å². The number of carbonyl (C=O) groups excluding carboxylic acids is 1. The largest absolute Gasteiger partial charge is 0.383 e. The van der Waals surface area contributed by atoms with Crippen LogP contribution >= 0.6 is 0 Å². The number of aromatic amines is 1. The van der Waals surface area contributed by atoms with Gasteiger partial charge in [-0.15, -0.1) is 0 Å². The van der Waals surface area contributed by atoms with E-state index in [2.05, 4.69) is 24.9 Å². The lowest BCUT2D eigenvalue weighted by atomic mass is 9.89. The third-order valence-corrected chi connectivity index (χ3v) is 6.75. The Labute approximate surface area is 203 Å². The Kier molecular flexibility index (Phi) is 6.80. The number of anilines is 1. The van der Waals surface area contributed by atoms with E-state index in [0.717, 1.165) is 29.7 Å². The summed E-state index contributed by atoms with van der Waals surface area (Å²) in [5.41, 5.74) is 9.23. The smallest absolute Gasteiger partial charge is 0.256 e. The van der Waals surface area contributed by atoms with Gasteiger partial charge in [0.2, 0.25) is 5.91 Å². The molecule has 1 saturated heterocycles. The average Bonchev–Trinajstić information content (AvgIpc) is 2.89. The highest BCUT2D eigenvalue weighted by Crippen LogP contribution is 2.31.